The van der Waals surface area contributed by atoms with Gasteiger partial charge < -0.3 is 10.6 Å². The molecule has 4 heteroatoms. The van der Waals surface area contributed by atoms with Crippen LogP contribution >= 0.6 is 11.3 Å². The molecule has 3 nitrogen and oxygen atoms in total. The molecule has 0 spiro atoms. The lowest BCUT2D eigenvalue weighted by molar-refractivity contribution is -0.120. The monoisotopic (exact) mass is 288 g/mol. The molecule has 2 aromatic rings. The molecule has 0 aliphatic heterocycles. The van der Waals surface area contributed by atoms with Crippen LogP contribution in [0.3, 0.4) is 0 Å². The van der Waals surface area contributed by atoms with E-state index >= 15 is 0 Å². The molecule has 0 radical (unpaired) electrons. The molecule has 0 aliphatic carbocycles. The quantitative estimate of drug-likeness (QED) is 0.852. The van der Waals surface area contributed by atoms with Crippen molar-refractivity contribution in [3.05, 3.63) is 52.2 Å². The van der Waals surface area contributed by atoms with Crippen LogP contribution in [0, 0.1) is 0 Å². The van der Waals surface area contributed by atoms with Gasteiger partial charge in [0.1, 0.15) is 0 Å². The van der Waals surface area contributed by atoms with Crippen molar-refractivity contribution in [3.63, 3.8) is 0 Å². The highest BCUT2D eigenvalue weighted by Gasteiger charge is 2.06. The summed E-state index contributed by atoms with van der Waals surface area (Å²) in [5.41, 5.74) is 2.11. The van der Waals surface area contributed by atoms with Gasteiger partial charge in [-0.3, -0.25) is 4.79 Å². The molecule has 2 N–H and O–H groups in total. The second-order valence-corrected chi connectivity index (χ2v) is 5.69. The SMILES string of the molecule is CCNC(=O)Cc1ccc(NC(C)c2cccs2)cc1. The van der Waals surface area contributed by atoms with Crippen LogP contribution < -0.4 is 10.6 Å². The summed E-state index contributed by atoms with van der Waals surface area (Å²) >= 11 is 1.75. The highest BCUT2D eigenvalue weighted by molar-refractivity contribution is 7.10. The number of amides is 1. The third-order valence-corrected chi connectivity index (χ3v) is 4.10. The van der Waals surface area contributed by atoms with Crippen LogP contribution in [0.1, 0.15) is 30.3 Å². The normalized spacial score (nSPS) is 11.9. The first-order valence-electron chi connectivity index (χ1n) is 6.84. The van der Waals surface area contributed by atoms with Gasteiger partial charge >= 0.3 is 0 Å². The van der Waals surface area contributed by atoms with Crippen molar-refractivity contribution < 1.29 is 4.79 Å². The van der Waals surface area contributed by atoms with Crippen molar-refractivity contribution in [1.82, 2.24) is 5.32 Å². The summed E-state index contributed by atoms with van der Waals surface area (Å²) in [6.45, 7) is 4.75. The first-order chi connectivity index (χ1) is 9.69. The maximum atomic E-state index is 11.5. The molecule has 20 heavy (non-hydrogen) atoms. The van der Waals surface area contributed by atoms with Gasteiger partial charge in [-0.1, -0.05) is 18.2 Å². The van der Waals surface area contributed by atoms with Gasteiger partial charge in [-0.05, 0) is 43.0 Å². The fourth-order valence-electron chi connectivity index (χ4n) is 2.02. The first-order valence-corrected chi connectivity index (χ1v) is 7.72. The van der Waals surface area contributed by atoms with Gasteiger partial charge in [0.2, 0.25) is 5.91 Å². The van der Waals surface area contributed by atoms with Crippen LogP contribution in [0.25, 0.3) is 0 Å². The van der Waals surface area contributed by atoms with Gasteiger partial charge in [-0.25, -0.2) is 0 Å². The lowest BCUT2D eigenvalue weighted by Gasteiger charge is -2.14. The number of hydrogen-bond acceptors (Lipinski definition) is 3. The third-order valence-electron chi connectivity index (χ3n) is 3.05. The Labute approximate surface area is 124 Å². The van der Waals surface area contributed by atoms with E-state index in [0.29, 0.717) is 19.0 Å². The Morgan fingerprint density at radius 3 is 2.60 bits per heavy atom. The maximum absolute atomic E-state index is 11.5. The van der Waals surface area contributed by atoms with Gasteiger partial charge in [0, 0.05) is 17.1 Å². The molecule has 106 valence electrons. The van der Waals surface area contributed by atoms with E-state index in [-0.39, 0.29) is 5.91 Å². The molecule has 1 aromatic carbocycles. The van der Waals surface area contributed by atoms with Crippen molar-refractivity contribution in [2.45, 2.75) is 26.3 Å². The summed E-state index contributed by atoms with van der Waals surface area (Å²) in [5.74, 6) is 0.0696. The standard InChI is InChI=1S/C16H20N2OS/c1-3-17-16(19)11-13-6-8-14(9-7-13)18-12(2)15-5-4-10-20-15/h4-10,12,18H,3,11H2,1-2H3,(H,17,19). The second kappa shape index (κ2) is 7.10. The maximum Gasteiger partial charge on any atom is 0.224 e. The number of carbonyl (C=O) groups excluding carboxylic acids is 1. The van der Waals surface area contributed by atoms with Crippen LogP contribution in [0.2, 0.25) is 0 Å². The van der Waals surface area contributed by atoms with E-state index in [0.717, 1.165) is 11.3 Å². The number of nitrogens with one attached hydrogen (secondary N) is 2. The Kier molecular flexibility index (Phi) is 5.18. The molecule has 0 fully saturated rings. The van der Waals surface area contributed by atoms with Gasteiger partial charge in [0.25, 0.3) is 0 Å². The molecule has 0 bridgehead atoms. The molecule has 2 rings (SSSR count). The van der Waals surface area contributed by atoms with E-state index in [1.54, 1.807) is 11.3 Å². The third kappa shape index (κ3) is 4.10. The number of rotatable bonds is 6. The zero-order valence-corrected chi connectivity index (χ0v) is 12.7. The van der Waals surface area contributed by atoms with E-state index in [1.807, 2.05) is 31.2 Å². The van der Waals surface area contributed by atoms with E-state index in [9.17, 15) is 4.79 Å². The van der Waals surface area contributed by atoms with Gasteiger partial charge in [-0.2, -0.15) is 0 Å². The Bertz CT molecular complexity index is 534. The highest BCUT2D eigenvalue weighted by Crippen LogP contribution is 2.23. The lowest BCUT2D eigenvalue weighted by atomic mass is 10.1. The Balaban J connectivity index is 1.93. The topological polar surface area (TPSA) is 41.1 Å². The molecule has 0 saturated carbocycles. The molecule has 1 unspecified atom stereocenters. The average Bonchev–Trinajstić information content (AvgIpc) is 2.95. The van der Waals surface area contributed by atoms with Crippen LogP contribution in [0.4, 0.5) is 5.69 Å². The number of thiophene rings is 1. The largest absolute Gasteiger partial charge is 0.378 e. The summed E-state index contributed by atoms with van der Waals surface area (Å²) in [4.78, 5) is 12.8. The van der Waals surface area contributed by atoms with Crippen LogP contribution in [0.5, 0.6) is 0 Å². The van der Waals surface area contributed by atoms with Gasteiger partial charge in [0.05, 0.1) is 12.5 Å². The fraction of sp³-hybridized carbons (Fsp3) is 0.312. The van der Waals surface area contributed by atoms with E-state index < -0.39 is 0 Å². The highest BCUT2D eigenvalue weighted by atomic mass is 32.1. The summed E-state index contributed by atoms with van der Waals surface area (Å²) in [6, 6.07) is 12.5. The van der Waals surface area contributed by atoms with Crippen molar-refractivity contribution >= 4 is 22.9 Å². The predicted octanol–water partition coefficient (Wildman–Crippen LogP) is 3.60. The van der Waals surface area contributed by atoms with Gasteiger partial charge in [-0.15, -0.1) is 11.3 Å². The minimum absolute atomic E-state index is 0.0696. The van der Waals surface area contributed by atoms with E-state index in [1.165, 1.54) is 4.88 Å². The molecule has 1 amide bonds. The number of likely N-dealkylation sites (N-methyl/N-ethyl adjacent to an activating group) is 1. The molecular weight excluding hydrogens is 268 g/mol. The number of carbonyl (C=O) groups is 1. The average molecular weight is 288 g/mol. The first kappa shape index (κ1) is 14.6. The van der Waals surface area contributed by atoms with E-state index in [4.69, 9.17) is 0 Å². The van der Waals surface area contributed by atoms with Crippen LogP contribution in [-0.2, 0) is 11.2 Å². The Morgan fingerprint density at radius 2 is 2.00 bits per heavy atom. The van der Waals surface area contributed by atoms with Crippen LogP contribution in [-0.4, -0.2) is 12.5 Å². The lowest BCUT2D eigenvalue weighted by Crippen LogP contribution is -2.24. The smallest absolute Gasteiger partial charge is 0.224 e. The molecule has 1 atom stereocenters. The number of benzene rings is 1. The summed E-state index contributed by atoms with van der Waals surface area (Å²) < 4.78 is 0. The van der Waals surface area contributed by atoms with Crippen molar-refractivity contribution in [1.29, 1.82) is 0 Å². The van der Waals surface area contributed by atoms with E-state index in [2.05, 4.69) is 35.1 Å². The number of anilines is 1. The summed E-state index contributed by atoms with van der Waals surface area (Å²) in [6.07, 6.45) is 0.439. The van der Waals surface area contributed by atoms with Crippen LogP contribution in [0.15, 0.2) is 41.8 Å². The predicted molar refractivity (Wildman–Crippen MR) is 85.2 cm³/mol. The Morgan fingerprint density at radius 1 is 1.25 bits per heavy atom. The second-order valence-electron chi connectivity index (χ2n) is 4.71. The summed E-state index contributed by atoms with van der Waals surface area (Å²) in [5, 5.41) is 8.35. The fourth-order valence-corrected chi connectivity index (χ4v) is 2.76. The zero-order chi connectivity index (χ0) is 14.4. The molecule has 0 aliphatic rings. The van der Waals surface area contributed by atoms with Crippen molar-refractivity contribution in [3.8, 4) is 0 Å². The zero-order valence-electron chi connectivity index (χ0n) is 11.8. The minimum Gasteiger partial charge on any atom is -0.378 e. The Hall–Kier alpha value is -1.81. The summed E-state index contributed by atoms with van der Waals surface area (Å²) in [7, 11) is 0. The molecule has 1 heterocycles. The van der Waals surface area contributed by atoms with Gasteiger partial charge in [0.15, 0.2) is 0 Å². The number of hydrogen-bond donors (Lipinski definition) is 2. The van der Waals surface area contributed by atoms with Crippen molar-refractivity contribution in [2.75, 3.05) is 11.9 Å². The minimum atomic E-state index is 0.0696. The molecule has 1 aromatic heterocycles. The molecular formula is C16H20N2OS. The molecule has 0 saturated heterocycles. The van der Waals surface area contributed by atoms with Crippen molar-refractivity contribution in [2.24, 2.45) is 0 Å².